The molecule has 0 atom stereocenters. The molecule has 0 aliphatic rings. The number of imidazole rings is 1. The van der Waals surface area contributed by atoms with Crippen molar-refractivity contribution in [3.05, 3.63) is 65.7 Å². The van der Waals surface area contributed by atoms with Crippen molar-refractivity contribution in [2.75, 3.05) is 0 Å². The summed E-state index contributed by atoms with van der Waals surface area (Å²) < 4.78 is 15.4. The zero-order valence-electron chi connectivity index (χ0n) is 10.2. The highest BCUT2D eigenvalue weighted by molar-refractivity contribution is 6.16. The van der Waals surface area contributed by atoms with Gasteiger partial charge in [0.25, 0.3) is 0 Å². The van der Waals surface area contributed by atoms with Crippen molar-refractivity contribution in [2.45, 2.75) is 12.4 Å². The summed E-state index contributed by atoms with van der Waals surface area (Å²) in [7, 11) is 0. The summed E-state index contributed by atoms with van der Waals surface area (Å²) in [6.07, 6.45) is 0. The minimum atomic E-state index is -0.261. The van der Waals surface area contributed by atoms with E-state index in [4.69, 9.17) is 11.6 Å². The topological polar surface area (TPSA) is 17.8 Å². The van der Waals surface area contributed by atoms with Gasteiger partial charge in [0.15, 0.2) is 0 Å². The number of hydrogen-bond donors (Lipinski definition) is 0. The van der Waals surface area contributed by atoms with Crippen molar-refractivity contribution in [3.63, 3.8) is 0 Å². The highest BCUT2D eigenvalue weighted by atomic mass is 35.5. The van der Waals surface area contributed by atoms with Crippen LogP contribution in [-0.4, -0.2) is 9.55 Å². The second-order valence-corrected chi connectivity index (χ2v) is 4.63. The largest absolute Gasteiger partial charge is 0.322 e. The lowest BCUT2D eigenvalue weighted by Gasteiger charge is -2.07. The first-order valence-corrected chi connectivity index (χ1v) is 6.56. The monoisotopic (exact) mass is 274 g/mol. The molecule has 0 N–H and O–H groups in total. The van der Waals surface area contributed by atoms with Gasteiger partial charge >= 0.3 is 0 Å². The molecule has 1 aromatic heterocycles. The normalized spacial score (nSPS) is 11.1. The van der Waals surface area contributed by atoms with E-state index in [1.807, 2.05) is 34.9 Å². The number of aromatic nitrogens is 2. The second kappa shape index (κ2) is 5.02. The first-order chi connectivity index (χ1) is 9.28. The zero-order valence-corrected chi connectivity index (χ0v) is 10.9. The number of benzene rings is 2. The molecule has 0 bridgehead atoms. The van der Waals surface area contributed by atoms with Crippen molar-refractivity contribution < 1.29 is 4.39 Å². The van der Waals surface area contributed by atoms with Crippen molar-refractivity contribution in [3.8, 4) is 0 Å². The number of nitrogens with zero attached hydrogens (tertiary/aromatic N) is 2. The summed E-state index contributed by atoms with van der Waals surface area (Å²) in [6.45, 7) is 0.642. The highest BCUT2D eigenvalue weighted by Gasteiger charge is 2.11. The number of hydrogen-bond acceptors (Lipinski definition) is 1. The van der Waals surface area contributed by atoms with E-state index in [0.717, 1.165) is 22.4 Å². The molecule has 2 aromatic carbocycles. The summed E-state index contributed by atoms with van der Waals surface area (Å²) in [5.41, 5.74) is 2.69. The highest BCUT2D eigenvalue weighted by Crippen LogP contribution is 2.20. The van der Waals surface area contributed by atoms with Crippen LogP contribution in [-0.2, 0) is 12.4 Å². The first-order valence-electron chi connectivity index (χ1n) is 6.02. The van der Waals surface area contributed by atoms with E-state index in [0.29, 0.717) is 12.4 Å². The molecule has 96 valence electrons. The first kappa shape index (κ1) is 12.2. The maximum Gasteiger partial charge on any atom is 0.125 e. The Morgan fingerprint density at radius 2 is 1.89 bits per heavy atom. The fourth-order valence-corrected chi connectivity index (χ4v) is 2.39. The minimum Gasteiger partial charge on any atom is -0.322 e. The summed E-state index contributed by atoms with van der Waals surface area (Å²) >= 11 is 5.93. The molecule has 0 saturated carbocycles. The quantitative estimate of drug-likeness (QED) is 0.661. The predicted molar refractivity (Wildman–Crippen MR) is 74.8 cm³/mol. The molecule has 0 radical (unpaired) electrons. The third kappa shape index (κ3) is 2.34. The number of alkyl halides is 1. The lowest BCUT2D eigenvalue weighted by atomic mass is 10.2. The van der Waals surface area contributed by atoms with Crippen LogP contribution < -0.4 is 0 Å². The number of rotatable bonds is 3. The van der Waals surface area contributed by atoms with Crippen LogP contribution >= 0.6 is 11.6 Å². The molecular weight excluding hydrogens is 263 g/mol. The standard InChI is InChI=1S/C15H12ClFN2/c16-9-15-18-13-7-6-12(17)8-14(13)19(15)10-11-4-2-1-3-5-11/h1-8H,9-10H2. The third-order valence-corrected chi connectivity index (χ3v) is 3.33. The molecule has 0 unspecified atom stereocenters. The van der Waals surface area contributed by atoms with Gasteiger partial charge in [0, 0.05) is 6.54 Å². The van der Waals surface area contributed by atoms with Gasteiger partial charge in [-0.15, -0.1) is 11.6 Å². The van der Waals surface area contributed by atoms with Crippen LogP contribution in [0.5, 0.6) is 0 Å². The third-order valence-electron chi connectivity index (χ3n) is 3.09. The van der Waals surface area contributed by atoms with Crippen LogP contribution in [0.1, 0.15) is 11.4 Å². The van der Waals surface area contributed by atoms with Crippen LogP contribution in [0.2, 0.25) is 0 Å². The van der Waals surface area contributed by atoms with Gasteiger partial charge in [-0.1, -0.05) is 30.3 Å². The van der Waals surface area contributed by atoms with Gasteiger partial charge in [0.1, 0.15) is 11.6 Å². The fourth-order valence-electron chi connectivity index (χ4n) is 2.19. The number of fused-ring (bicyclic) bond motifs is 1. The Kier molecular flexibility index (Phi) is 3.22. The van der Waals surface area contributed by atoms with E-state index >= 15 is 0 Å². The molecule has 4 heteroatoms. The van der Waals surface area contributed by atoms with Crippen molar-refractivity contribution >= 4 is 22.6 Å². The SMILES string of the molecule is Fc1ccc2nc(CCl)n(Cc3ccccc3)c2c1. The van der Waals surface area contributed by atoms with Crippen molar-refractivity contribution in [1.82, 2.24) is 9.55 Å². The molecule has 0 amide bonds. The second-order valence-electron chi connectivity index (χ2n) is 4.37. The molecule has 3 aromatic rings. The summed E-state index contributed by atoms with van der Waals surface area (Å²) in [5.74, 6) is 0.803. The van der Waals surface area contributed by atoms with E-state index in [1.54, 1.807) is 6.07 Å². The molecular formula is C15H12ClFN2. The average Bonchev–Trinajstić information content (AvgIpc) is 2.78. The molecule has 3 rings (SSSR count). The lowest BCUT2D eigenvalue weighted by molar-refractivity contribution is 0.628. The van der Waals surface area contributed by atoms with Crippen molar-refractivity contribution in [1.29, 1.82) is 0 Å². The van der Waals surface area contributed by atoms with Gasteiger partial charge in [-0.05, 0) is 23.8 Å². The van der Waals surface area contributed by atoms with E-state index in [2.05, 4.69) is 4.98 Å². The minimum absolute atomic E-state index is 0.261. The molecule has 19 heavy (non-hydrogen) atoms. The lowest BCUT2D eigenvalue weighted by Crippen LogP contribution is -2.03. The Morgan fingerprint density at radius 3 is 2.63 bits per heavy atom. The van der Waals surface area contributed by atoms with Gasteiger partial charge in [-0.25, -0.2) is 9.37 Å². The molecule has 0 aliphatic heterocycles. The van der Waals surface area contributed by atoms with Gasteiger partial charge < -0.3 is 4.57 Å². The maximum absolute atomic E-state index is 13.4. The van der Waals surface area contributed by atoms with E-state index < -0.39 is 0 Å². The van der Waals surface area contributed by atoms with Gasteiger partial charge in [0.2, 0.25) is 0 Å². The summed E-state index contributed by atoms with van der Waals surface area (Å²) in [6, 6.07) is 14.6. The average molecular weight is 275 g/mol. The van der Waals surface area contributed by atoms with Crippen molar-refractivity contribution in [2.24, 2.45) is 0 Å². The fraction of sp³-hybridized carbons (Fsp3) is 0.133. The number of halogens is 2. The van der Waals surface area contributed by atoms with Crippen LogP contribution in [0.3, 0.4) is 0 Å². The summed E-state index contributed by atoms with van der Waals surface area (Å²) in [4.78, 5) is 4.43. The van der Waals surface area contributed by atoms with E-state index in [9.17, 15) is 4.39 Å². The molecule has 0 aliphatic carbocycles. The van der Waals surface area contributed by atoms with Gasteiger partial charge in [-0.2, -0.15) is 0 Å². The van der Waals surface area contributed by atoms with Crippen LogP contribution in [0, 0.1) is 5.82 Å². The Morgan fingerprint density at radius 1 is 1.11 bits per heavy atom. The van der Waals surface area contributed by atoms with E-state index in [-0.39, 0.29) is 5.82 Å². The molecule has 2 nitrogen and oxygen atoms in total. The Hall–Kier alpha value is -1.87. The van der Waals surface area contributed by atoms with Gasteiger partial charge in [0.05, 0.1) is 16.9 Å². The molecule has 1 heterocycles. The molecule has 0 saturated heterocycles. The predicted octanol–water partition coefficient (Wildman–Crippen LogP) is 3.96. The zero-order chi connectivity index (χ0) is 13.2. The van der Waals surface area contributed by atoms with Gasteiger partial charge in [-0.3, -0.25) is 0 Å². The van der Waals surface area contributed by atoms with E-state index in [1.165, 1.54) is 12.1 Å². The van der Waals surface area contributed by atoms with Crippen LogP contribution in [0.4, 0.5) is 4.39 Å². The Bertz CT molecular complexity index is 707. The smallest absolute Gasteiger partial charge is 0.125 e. The maximum atomic E-state index is 13.4. The molecule has 0 spiro atoms. The van der Waals surface area contributed by atoms with Crippen LogP contribution in [0.15, 0.2) is 48.5 Å². The molecule has 0 fully saturated rings. The Labute approximate surface area is 115 Å². The van der Waals surface area contributed by atoms with Crippen LogP contribution in [0.25, 0.3) is 11.0 Å². The summed E-state index contributed by atoms with van der Waals surface area (Å²) in [5, 5.41) is 0. The Balaban J connectivity index is 2.12.